The van der Waals surface area contributed by atoms with Crippen molar-refractivity contribution in [1.82, 2.24) is 14.8 Å². The number of nitrogens with zero attached hydrogens (tertiary/aromatic N) is 2. The molecular weight excluding hydrogens is 311 g/mol. The SMILES string of the molecule is CN1[C@@H]2CC[C@H]1CN(C(=O)c1ccc(C(F)(F)F)[nH]c1=O)CC2. The second kappa shape index (κ2) is 5.67. The van der Waals surface area contributed by atoms with Crippen molar-refractivity contribution in [3.05, 3.63) is 33.7 Å². The summed E-state index contributed by atoms with van der Waals surface area (Å²) < 4.78 is 37.7. The summed E-state index contributed by atoms with van der Waals surface area (Å²) in [7, 11) is 2.03. The maximum Gasteiger partial charge on any atom is 0.431 e. The zero-order chi connectivity index (χ0) is 16.8. The zero-order valence-corrected chi connectivity index (χ0v) is 12.7. The molecule has 0 aliphatic carbocycles. The van der Waals surface area contributed by atoms with Crippen molar-refractivity contribution < 1.29 is 18.0 Å². The number of fused-ring (bicyclic) bond motifs is 2. The minimum Gasteiger partial charge on any atom is -0.337 e. The number of amides is 1. The molecule has 2 aliphatic heterocycles. The molecule has 0 radical (unpaired) electrons. The van der Waals surface area contributed by atoms with Gasteiger partial charge in [-0.05, 0) is 38.4 Å². The summed E-state index contributed by atoms with van der Waals surface area (Å²) >= 11 is 0. The van der Waals surface area contributed by atoms with Gasteiger partial charge in [0.1, 0.15) is 11.3 Å². The number of hydrogen-bond acceptors (Lipinski definition) is 3. The molecule has 1 aromatic rings. The van der Waals surface area contributed by atoms with Crippen LogP contribution in [0.1, 0.15) is 35.3 Å². The van der Waals surface area contributed by atoms with Crippen LogP contribution in [0.4, 0.5) is 13.2 Å². The lowest BCUT2D eigenvalue weighted by molar-refractivity contribution is -0.141. The number of alkyl halides is 3. The third kappa shape index (κ3) is 2.99. The maximum absolute atomic E-state index is 12.6. The molecule has 3 heterocycles. The fraction of sp³-hybridized carbons (Fsp3) is 0.600. The largest absolute Gasteiger partial charge is 0.431 e. The fourth-order valence-corrected chi connectivity index (χ4v) is 3.47. The normalized spacial score (nSPS) is 25.5. The molecule has 5 nitrogen and oxygen atoms in total. The van der Waals surface area contributed by atoms with Gasteiger partial charge in [0.05, 0.1) is 0 Å². The quantitative estimate of drug-likeness (QED) is 0.853. The van der Waals surface area contributed by atoms with Crippen molar-refractivity contribution in [2.45, 2.75) is 37.5 Å². The van der Waals surface area contributed by atoms with Crippen LogP contribution in [0.15, 0.2) is 16.9 Å². The predicted molar refractivity (Wildman–Crippen MR) is 77.2 cm³/mol. The van der Waals surface area contributed by atoms with E-state index in [-0.39, 0.29) is 11.6 Å². The first-order valence-corrected chi connectivity index (χ1v) is 7.59. The fourth-order valence-electron chi connectivity index (χ4n) is 3.47. The van der Waals surface area contributed by atoms with E-state index in [4.69, 9.17) is 0 Å². The smallest absolute Gasteiger partial charge is 0.337 e. The van der Waals surface area contributed by atoms with Gasteiger partial charge in [0.25, 0.3) is 11.5 Å². The van der Waals surface area contributed by atoms with E-state index in [1.54, 1.807) is 9.88 Å². The van der Waals surface area contributed by atoms with E-state index in [2.05, 4.69) is 4.90 Å². The Bertz CT molecular complexity index is 671. The minimum absolute atomic E-state index is 0.238. The summed E-state index contributed by atoms with van der Waals surface area (Å²) in [5.41, 5.74) is -2.38. The van der Waals surface area contributed by atoms with Gasteiger partial charge in [0.2, 0.25) is 0 Å². The van der Waals surface area contributed by atoms with Crippen LogP contribution in [0.25, 0.3) is 0 Å². The van der Waals surface area contributed by atoms with E-state index in [1.165, 1.54) is 0 Å². The van der Waals surface area contributed by atoms with E-state index >= 15 is 0 Å². The van der Waals surface area contributed by atoms with Crippen LogP contribution < -0.4 is 5.56 Å². The molecule has 1 aromatic heterocycles. The number of carbonyl (C=O) groups is 1. The van der Waals surface area contributed by atoms with Gasteiger partial charge in [-0.25, -0.2) is 0 Å². The Morgan fingerprint density at radius 2 is 1.91 bits per heavy atom. The Balaban J connectivity index is 1.82. The van der Waals surface area contributed by atoms with Crippen LogP contribution in [0, 0.1) is 0 Å². The second-order valence-corrected chi connectivity index (χ2v) is 6.20. The van der Waals surface area contributed by atoms with Crippen LogP contribution in [-0.4, -0.2) is 52.9 Å². The minimum atomic E-state index is -4.63. The molecule has 3 rings (SSSR count). The highest BCUT2D eigenvalue weighted by atomic mass is 19.4. The van der Waals surface area contributed by atoms with E-state index in [9.17, 15) is 22.8 Å². The number of aromatic nitrogens is 1. The van der Waals surface area contributed by atoms with E-state index < -0.39 is 23.3 Å². The lowest BCUT2D eigenvalue weighted by Crippen LogP contribution is -2.41. The highest BCUT2D eigenvalue weighted by Gasteiger charge is 2.37. The third-order valence-electron chi connectivity index (χ3n) is 4.88. The van der Waals surface area contributed by atoms with Crippen molar-refractivity contribution in [1.29, 1.82) is 0 Å². The van der Waals surface area contributed by atoms with Crippen molar-refractivity contribution in [2.24, 2.45) is 0 Å². The van der Waals surface area contributed by atoms with Gasteiger partial charge in [-0.1, -0.05) is 0 Å². The molecule has 1 N–H and O–H groups in total. The van der Waals surface area contributed by atoms with Crippen LogP contribution >= 0.6 is 0 Å². The first-order valence-electron chi connectivity index (χ1n) is 7.59. The highest BCUT2D eigenvalue weighted by molar-refractivity contribution is 5.93. The zero-order valence-electron chi connectivity index (χ0n) is 12.7. The number of hydrogen-bond donors (Lipinski definition) is 1. The number of rotatable bonds is 1. The van der Waals surface area contributed by atoms with Gasteiger partial charge >= 0.3 is 6.18 Å². The Labute approximate surface area is 131 Å². The van der Waals surface area contributed by atoms with E-state index in [1.807, 2.05) is 7.05 Å². The lowest BCUT2D eigenvalue weighted by atomic mass is 10.1. The Morgan fingerprint density at radius 1 is 1.22 bits per heavy atom. The molecule has 8 heteroatoms. The average molecular weight is 329 g/mol. The topological polar surface area (TPSA) is 56.4 Å². The molecule has 2 fully saturated rings. The van der Waals surface area contributed by atoms with Crippen LogP contribution in [-0.2, 0) is 6.18 Å². The molecule has 2 aliphatic rings. The van der Waals surface area contributed by atoms with Crippen LogP contribution in [0.3, 0.4) is 0 Å². The number of likely N-dealkylation sites (tertiary alicyclic amines) is 1. The lowest BCUT2D eigenvalue weighted by Gasteiger charge is -2.25. The summed E-state index contributed by atoms with van der Waals surface area (Å²) in [6.07, 6.45) is -1.72. The third-order valence-corrected chi connectivity index (χ3v) is 4.88. The Morgan fingerprint density at radius 3 is 2.57 bits per heavy atom. The molecule has 0 saturated carbocycles. The van der Waals surface area contributed by atoms with Gasteiger partial charge in [0, 0.05) is 25.2 Å². The van der Waals surface area contributed by atoms with Gasteiger partial charge in [-0.2, -0.15) is 13.2 Å². The van der Waals surface area contributed by atoms with Crippen molar-refractivity contribution >= 4 is 5.91 Å². The van der Waals surface area contributed by atoms with Gasteiger partial charge in [-0.3, -0.25) is 14.5 Å². The number of H-pyrrole nitrogens is 1. The predicted octanol–water partition coefficient (Wildman–Crippen LogP) is 1.70. The van der Waals surface area contributed by atoms with Crippen molar-refractivity contribution in [3.8, 4) is 0 Å². The van der Waals surface area contributed by atoms with Gasteiger partial charge < -0.3 is 9.88 Å². The standard InChI is InChI=1S/C15H18F3N3O2/c1-20-9-2-3-10(20)8-21(7-6-9)14(23)11-4-5-12(15(16,17)18)19-13(11)22/h4-5,9-10H,2-3,6-8H2,1H3,(H,19,22)/t9-,10+/m1/s1. The Kier molecular flexibility index (Phi) is 3.95. The molecular formula is C15H18F3N3O2. The summed E-state index contributed by atoms with van der Waals surface area (Å²) in [6, 6.07) is 2.39. The molecule has 0 aromatic carbocycles. The first-order chi connectivity index (χ1) is 10.8. The summed E-state index contributed by atoms with van der Waals surface area (Å²) in [4.78, 5) is 30.0. The van der Waals surface area contributed by atoms with Crippen molar-refractivity contribution in [3.63, 3.8) is 0 Å². The van der Waals surface area contributed by atoms with Gasteiger partial charge in [0.15, 0.2) is 0 Å². The second-order valence-electron chi connectivity index (χ2n) is 6.20. The first kappa shape index (κ1) is 16.0. The van der Waals surface area contributed by atoms with Crippen LogP contribution in [0.5, 0.6) is 0 Å². The summed E-state index contributed by atoms with van der Waals surface area (Å²) in [5.74, 6) is -0.499. The van der Waals surface area contributed by atoms with Crippen molar-refractivity contribution in [2.75, 3.05) is 20.1 Å². The molecule has 1 amide bonds. The molecule has 2 bridgehead atoms. The molecule has 126 valence electrons. The maximum atomic E-state index is 12.6. The number of likely N-dealkylation sites (N-methyl/N-ethyl adjacent to an activating group) is 1. The number of aromatic amines is 1. The highest BCUT2D eigenvalue weighted by Crippen LogP contribution is 2.29. The summed E-state index contributed by atoms with van der Waals surface area (Å²) in [6.45, 7) is 1.02. The number of carbonyl (C=O) groups excluding carboxylic acids is 1. The average Bonchev–Trinajstić information content (AvgIpc) is 2.70. The van der Waals surface area contributed by atoms with Gasteiger partial charge in [-0.15, -0.1) is 0 Å². The van der Waals surface area contributed by atoms with E-state index in [0.717, 1.165) is 31.4 Å². The summed E-state index contributed by atoms with van der Waals surface area (Å²) in [5, 5.41) is 0. The molecule has 0 spiro atoms. The molecule has 0 unspecified atom stereocenters. The number of nitrogens with one attached hydrogen (secondary N) is 1. The number of pyridine rings is 1. The van der Waals surface area contributed by atoms with E-state index in [0.29, 0.717) is 19.1 Å². The number of halogens is 3. The Hall–Kier alpha value is -1.83. The molecule has 2 atom stereocenters. The molecule has 2 saturated heterocycles. The molecule has 23 heavy (non-hydrogen) atoms. The monoisotopic (exact) mass is 329 g/mol. The van der Waals surface area contributed by atoms with Crippen LogP contribution in [0.2, 0.25) is 0 Å².